The topological polar surface area (TPSA) is 71.1 Å². The van der Waals surface area contributed by atoms with Crippen molar-refractivity contribution in [2.24, 2.45) is 0 Å². The predicted octanol–water partition coefficient (Wildman–Crippen LogP) is 2.09. The number of methoxy groups -OCH3 is 1. The van der Waals surface area contributed by atoms with Gasteiger partial charge in [-0.2, -0.15) is 0 Å². The number of piperazine rings is 1. The Balaban J connectivity index is 1.45. The first-order chi connectivity index (χ1) is 15.7. The van der Waals surface area contributed by atoms with Gasteiger partial charge in [-0.05, 0) is 17.5 Å². The van der Waals surface area contributed by atoms with Crippen LogP contribution in [0.3, 0.4) is 0 Å². The second kappa shape index (κ2) is 13.0. The van der Waals surface area contributed by atoms with E-state index in [1.807, 2.05) is 65.6 Å². The van der Waals surface area contributed by atoms with Crippen LogP contribution in [-0.4, -0.2) is 81.2 Å². The van der Waals surface area contributed by atoms with E-state index < -0.39 is 0 Å². The maximum Gasteiger partial charge on any atom is 0.248 e. The van der Waals surface area contributed by atoms with Crippen LogP contribution >= 0.6 is 0 Å². The maximum atomic E-state index is 12.8. The van der Waals surface area contributed by atoms with Crippen LogP contribution in [0.15, 0.2) is 60.7 Å². The number of ether oxygens (including phenoxy) is 2. The van der Waals surface area contributed by atoms with Gasteiger partial charge < -0.3 is 19.7 Å². The number of hydrogen-bond acceptors (Lipinski definition) is 5. The number of rotatable bonds is 11. The highest BCUT2D eigenvalue weighted by molar-refractivity contribution is 5.78. The minimum atomic E-state index is -0.288. The van der Waals surface area contributed by atoms with Gasteiger partial charge in [-0.3, -0.25) is 14.5 Å². The number of hydrogen-bond donors (Lipinski definition) is 1. The molecule has 1 aliphatic rings. The van der Waals surface area contributed by atoms with Crippen LogP contribution in [0, 0.1) is 0 Å². The van der Waals surface area contributed by atoms with E-state index in [1.165, 1.54) is 0 Å². The van der Waals surface area contributed by atoms with E-state index >= 15 is 0 Å². The lowest BCUT2D eigenvalue weighted by molar-refractivity contribution is -0.139. The van der Waals surface area contributed by atoms with E-state index in [0.717, 1.165) is 17.5 Å². The highest BCUT2D eigenvalue weighted by Crippen LogP contribution is 2.25. The Kier molecular flexibility index (Phi) is 9.68. The summed E-state index contributed by atoms with van der Waals surface area (Å²) in [6.07, 6.45) is 0.515. The number of benzene rings is 2. The SMILES string of the molecule is COCCCNC(=O)CN1CCN(C(=O)COC(c2ccccc2)c2ccccc2)CC1. The fourth-order valence-corrected chi connectivity index (χ4v) is 3.75. The summed E-state index contributed by atoms with van der Waals surface area (Å²) in [7, 11) is 1.65. The summed E-state index contributed by atoms with van der Waals surface area (Å²) in [5.74, 6) is -0.0108. The highest BCUT2D eigenvalue weighted by Gasteiger charge is 2.24. The fourth-order valence-electron chi connectivity index (χ4n) is 3.75. The minimum absolute atomic E-state index is 0.0118. The Morgan fingerprint density at radius 2 is 1.53 bits per heavy atom. The fraction of sp³-hybridized carbons (Fsp3) is 0.440. The molecule has 7 heteroatoms. The van der Waals surface area contributed by atoms with Crippen LogP contribution in [0.2, 0.25) is 0 Å². The molecule has 0 unspecified atom stereocenters. The standard InChI is InChI=1S/C25H33N3O4/c1-31-18-8-13-26-23(29)19-27-14-16-28(17-15-27)24(30)20-32-25(21-9-4-2-5-10-21)22-11-6-3-7-12-22/h2-7,9-12,25H,8,13-20H2,1H3,(H,26,29). The van der Waals surface area contributed by atoms with Crippen molar-refractivity contribution >= 4 is 11.8 Å². The smallest absolute Gasteiger partial charge is 0.248 e. The van der Waals surface area contributed by atoms with Crippen LogP contribution in [0.4, 0.5) is 0 Å². The molecule has 3 rings (SSSR count). The molecular weight excluding hydrogens is 406 g/mol. The molecule has 0 spiro atoms. The van der Waals surface area contributed by atoms with Gasteiger partial charge in [-0.1, -0.05) is 60.7 Å². The normalized spacial score (nSPS) is 14.5. The first kappa shape index (κ1) is 23.9. The molecule has 0 atom stereocenters. The number of nitrogens with zero attached hydrogens (tertiary/aromatic N) is 2. The molecule has 172 valence electrons. The van der Waals surface area contributed by atoms with Gasteiger partial charge in [-0.25, -0.2) is 0 Å². The zero-order valence-corrected chi connectivity index (χ0v) is 18.7. The van der Waals surface area contributed by atoms with Crippen LogP contribution in [0.1, 0.15) is 23.7 Å². The van der Waals surface area contributed by atoms with Gasteiger partial charge in [0.25, 0.3) is 0 Å². The Morgan fingerprint density at radius 3 is 2.09 bits per heavy atom. The van der Waals surface area contributed by atoms with Gasteiger partial charge in [0, 0.05) is 46.4 Å². The zero-order chi connectivity index (χ0) is 22.6. The average Bonchev–Trinajstić information content (AvgIpc) is 2.84. The van der Waals surface area contributed by atoms with Crippen molar-refractivity contribution in [2.75, 3.05) is 59.6 Å². The van der Waals surface area contributed by atoms with Crippen molar-refractivity contribution in [3.05, 3.63) is 71.8 Å². The number of carbonyl (C=O) groups excluding carboxylic acids is 2. The summed E-state index contributed by atoms with van der Waals surface area (Å²) in [5.41, 5.74) is 2.04. The molecular formula is C25H33N3O4. The molecule has 32 heavy (non-hydrogen) atoms. The second-order valence-electron chi connectivity index (χ2n) is 7.87. The molecule has 2 amide bonds. The Labute approximate surface area is 190 Å². The van der Waals surface area contributed by atoms with Crippen molar-refractivity contribution < 1.29 is 19.1 Å². The van der Waals surface area contributed by atoms with E-state index in [-0.39, 0.29) is 24.5 Å². The summed E-state index contributed by atoms with van der Waals surface area (Å²) < 4.78 is 11.1. The van der Waals surface area contributed by atoms with Gasteiger partial charge in [-0.15, -0.1) is 0 Å². The Morgan fingerprint density at radius 1 is 0.938 bits per heavy atom. The number of nitrogens with one attached hydrogen (secondary N) is 1. The quantitative estimate of drug-likeness (QED) is 0.543. The van der Waals surface area contributed by atoms with Crippen LogP contribution < -0.4 is 5.32 Å². The van der Waals surface area contributed by atoms with Crippen LogP contribution in [0.25, 0.3) is 0 Å². The molecule has 0 aromatic heterocycles. The number of amides is 2. The monoisotopic (exact) mass is 439 g/mol. The van der Waals surface area contributed by atoms with Crippen molar-refractivity contribution in [3.63, 3.8) is 0 Å². The molecule has 0 radical (unpaired) electrons. The van der Waals surface area contributed by atoms with Crippen LogP contribution in [-0.2, 0) is 19.1 Å². The van der Waals surface area contributed by atoms with Crippen molar-refractivity contribution in [1.82, 2.24) is 15.1 Å². The first-order valence-electron chi connectivity index (χ1n) is 11.1. The van der Waals surface area contributed by atoms with E-state index in [2.05, 4.69) is 10.2 Å². The zero-order valence-electron chi connectivity index (χ0n) is 18.7. The van der Waals surface area contributed by atoms with Crippen molar-refractivity contribution in [1.29, 1.82) is 0 Å². The van der Waals surface area contributed by atoms with Gasteiger partial charge in [0.1, 0.15) is 12.7 Å². The van der Waals surface area contributed by atoms with E-state index in [4.69, 9.17) is 9.47 Å². The summed E-state index contributed by atoms with van der Waals surface area (Å²) in [4.78, 5) is 28.7. The molecule has 1 fully saturated rings. The molecule has 2 aromatic rings. The van der Waals surface area contributed by atoms with Crippen molar-refractivity contribution in [3.8, 4) is 0 Å². The Bertz CT molecular complexity index is 784. The third-order valence-electron chi connectivity index (χ3n) is 5.52. The summed E-state index contributed by atoms with van der Waals surface area (Å²) in [6, 6.07) is 19.9. The predicted molar refractivity (Wildman–Crippen MR) is 123 cm³/mol. The molecule has 7 nitrogen and oxygen atoms in total. The highest BCUT2D eigenvalue weighted by atomic mass is 16.5. The molecule has 1 aliphatic heterocycles. The molecule has 1 N–H and O–H groups in total. The summed E-state index contributed by atoms with van der Waals surface area (Å²) in [5, 5.41) is 2.90. The lowest BCUT2D eigenvalue weighted by atomic mass is 10.0. The molecule has 2 aromatic carbocycles. The van der Waals surface area contributed by atoms with Crippen LogP contribution in [0.5, 0.6) is 0 Å². The molecule has 0 bridgehead atoms. The van der Waals surface area contributed by atoms with Gasteiger partial charge >= 0.3 is 0 Å². The maximum absolute atomic E-state index is 12.8. The van der Waals surface area contributed by atoms with E-state index in [1.54, 1.807) is 7.11 Å². The molecule has 0 saturated carbocycles. The lowest BCUT2D eigenvalue weighted by Crippen LogP contribution is -2.52. The third-order valence-corrected chi connectivity index (χ3v) is 5.52. The largest absolute Gasteiger partial charge is 0.385 e. The summed E-state index contributed by atoms with van der Waals surface area (Å²) in [6.45, 7) is 4.19. The second-order valence-corrected chi connectivity index (χ2v) is 7.87. The van der Waals surface area contributed by atoms with Gasteiger partial charge in [0.2, 0.25) is 11.8 Å². The lowest BCUT2D eigenvalue weighted by Gasteiger charge is -2.34. The van der Waals surface area contributed by atoms with Gasteiger partial charge in [0.15, 0.2) is 0 Å². The van der Waals surface area contributed by atoms with E-state index in [0.29, 0.717) is 45.9 Å². The number of carbonyl (C=O) groups is 2. The third kappa shape index (κ3) is 7.44. The Hall–Kier alpha value is -2.74. The van der Waals surface area contributed by atoms with Gasteiger partial charge in [0.05, 0.1) is 6.54 Å². The molecule has 0 aliphatic carbocycles. The van der Waals surface area contributed by atoms with E-state index in [9.17, 15) is 9.59 Å². The molecule has 1 saturated heterocycles. The molecule has 1 heterocycles. The van der Waals surface area contributed by atoms with Crippen molar-refractivity contribution in [2.45, 2.75) is 12.5 Å². The summed E-state index contributed by atoms with van der Waals surface area (Å²) >= 11 is 0. The average molecular weight is 440 g/mol. The minimum Gasteiger partial charge on any atom is -0.385 e. The first-order valence-corrected chi connectivity index (χ1v) is 11.1.